The molecule has 2 aliphatic rings. The summed E-state index contributed by atoms with van der Waals surface area (Å²) in [5.74, 6) is 0.0175. The predicted octanol–water partition coefficient (Wildman–Crippen LogP) is 0.417. The Balaban J connectivity index is 1.26. The second-order valence-electron chi connectivity index (χ2n) is 8.48. The molecule has 3 aromatic carbocycles. The van der Waals surface area contributed by atoms with Crippen molar-refractivity contribution in [2.75, 3.05) is 17.2 Å². The van der Waals surface area contributed by atoms with Crippen molar-refractivity contribution in [3.05, 3.63) is 87.0 Å². The molecule has 0 atom stereocenters. The van der Waals surface area contributed by atoms with Gasteiger partial charge in [-0.05, 0) is 31.0 Å². The van der Waals surface area contributed by atoms with E-state index in [-0.39, 0.29) is 30.4 Å². The molecule has 1 fully saturated rings. The van der Waals surface area contributed by atoms with Crippen LogP contribution in [0.5, 0.6) is 5.75 Å². The monoisotopic (exact) mass is 578 g/mol. The molecule has 5 rings (SSSR count). The van der Waals surface area contributed by atoms with E-state index in [1.165, 1.54) is 0 Å². The SMILES string of the molecule is [B][I-]c1ccc(NC(=O)c2ccc(CN(C(=O)c3ccc4c(c3)OCC(=O)N4)C3CC3)cc2)cc1. The van der Waals surface area contributed by atoms with Gasteiger partial charge in [0.25, 0.3) is 11.8 Å². The third-order valence-electron chi connectivity index (χ3n) is 5.91. The fraction of sp³-hybridized carbons (Fsp3) is 0.192. The van der Waals surface area contributed by atoms with E-state index >= 15 is 0 Å². The fourth-order valence-corrected chi connectivity index (χ4v) is 4.67. The molecule has 176 valence electrons. The molecule has 9 heteroatoms. The van der Waals surface area contributed by atoms with Gasteiger partial charge in [-0.3, -0.25) is 9.59 Å². The molecule has 1 aliphatic carbocycles. The first-order valence-electron chi connectivity index (χ1n) is 11.2. The van der Waals surface area contributed by atoms with Gasteiger partial charge < -0.3 is 10.1 Å². The van der Waals surface area contributed by atoms with Crippen molar-refractivity contribution in [3.63, 3.8) is 0 Å². The summed E-state index contributed by atoms with van der Waals surface area (Å²) in [6.07, 6.45) is 1.93. The van der Waals surface area contributed by atoms with Gasteiger partial charge >= 0.3 is 123 Å². The van der Waals surface area contributed by atoms with Crippen LogP contribution in [0.2, 0.25) is 0 Å². The zero-order valence-corrected chi connectivity index (χ0v) is 20.9. The van der Waals surface area contributed by atoms with Crippen molar-refractivity contribution >= 4 is 34.8 Å². The molecule has 0 spiro atoms. The van der Waals surface area contributed by atoms with Crippen LogP contribution in [0.4, 0.5) is 11.4 Å². The van der Waals surface area contributed by atoms with E-state index in [0.717, 1.165) is 27.7 Å². The van der Waals surface area contributed by atoms with E-state index in [9.17, 15) is 14.4 Å². The number of amides is 3. The Morgan fingerprint density at radius 2 is 1.74 bits per heavy atom. The molecule has 1 heterocycles. The Morgan fingerprint density at radius 1 is 1.03 bits per heavy atom. The minimum atomic E-state index is -0.467. The quantitative estimate of drug-likeness (QED) is 0.315. The number of hydrogen-bond acceptors (Lipinski definition) is 4. The average Bonchev–Trinajstić information content (AvgIpc) is 3.73. The molecule has 7 nitrogen and oxygen atoms in total. The Hall–Kier alpha value is -3.34. The third-order valence-corrected chi connectivity index (χ3v) is 7.35. The summed E-state index contributed by atoms with van der Waals surface area (Å²) >= 11 is -0.467. The van der Waals surface area contributed by atoms with Crippen LogP contribution in [0.25, 0.3) is 0 Å². The number of anilines is 2. The van der Waals surface area contributed by atoms with Gasteiger partial charge in [-0.25, -0.2) is 0 Å². The van der Waals surface area contributed by atoms with E-state index in [4.69, 9.17) is 10.4 Å². The zero-order chi connectivity index (χ0) is 24.4. The number of ether oxygens (including phenoxy) is 1. The van der Waals surface area contributed by atoms with Crippen LogP contribution in [-0.4, -0.2) is 41.0 Å². The molecule has 0 saturated heterocycles. The van der Waals surface area contributed by atoms with Crippen LogP contribution in [0.15, 0.2) is 66.7 Å². The molecule has 0 unspecified atom stereocenters. The number of hydrogen-bond donors (Lipinski definition) is 2. The topological polar surface area (TPSA) is 87.7 Å². The molecule has 3 aromatic rings. The number of fused-ring (bicyclic) bond motifs is 1. The molecule has 0 bridgehead atoms. The van der Waals surface area contributed by atoms with Crippen molar-refractivity contribution in [2.24, 2.45) is 0 Å². The van der Waals surface area contributed by atoms with Crippen molar-refractivity contribution in [1.29, 1.82) is 0 Å². The maximum atomic E-state index is 13.3. The van der Waals surface area contributed by atoms with Crippen molar-refractivity contribution in [2.45, 2.75) is 25.4 Å². The summed E-state index contributed by atoms with van der Waals surface area (Å²) in [6, 6.07) is 20.2. The van der Waals surface area contributed by atoms with Crippen LogP contribution in [0, 0.1) is 3.57 Å². The Morgan fingerprint density at radius 3 is 2.43 bits per heavy atom. The molecular weight excluding hydrogens is 556 g/mol. The van der Waals surface area contributed by atoms with E-state index < -0.39 is 21.0 Å². The van der Waals surface area contributed by atoms with Gasteiger partial charge in [0.1, 0.15) is 5.75 Å². The normalized spacial score (nSPS) is 14.5. The Kier molecular flexibility index (Phi) is 6.76. The number of benzene rings is 3. The third kappa shape index (κ3) is 5.50. The summed E-state index contributed by atoms with van der Waals surface area (Å²) in [6.45, 7) is 0.390. The maximum absolute atomic E-state index is 13.3. The molecule has 2 radical (unpaired) electrons. The second kappa shape index (κ2) is 10.1. The Bertz CT molecular complexity index is 1280. The van der Waals surface area contributed by atoms with Crippen molar-refractivity contribution in [3.8, 4) is 5.75 Å². The molecule has 1 aliphatic heterocycles. The predicted molar refractivity (Wildman–Crippen MR) is 129 cm³/mol. The number of carbonyl (C=O) groups excluding carboxylic acids is 3. The summed E-state index contributed by atoms with van der Waals surface area (Å²) in [4.78, 5) is 39.3. The zero-order valence-electron chi connectivity index (χ0n) is 18.8. The van der Waals surface area contributed by atoms with E-state index in [2.05, 4.69) is 10.6 Å². The van der Waals surface area contributed by atoms with Gasteiger partial charge in [0.15, 0.2) is 6.61 Å². The Labute approximate surface area is 214 Å². The molecule has 0 aromatic heterocycles. The van der Waals surface area contributed by atoms with Gasteiger partial charge in [0, 0.05) is 11.6 Å². The molecule has 3 amide bonds. The second-order valence-corrected chi connectivity index (χ2v) is 10.3. The van der Waals surface area contributed by atoms with Crippen molar-refractivity contribution in [1.82, 2.24) is 4.90 Å². The van der Waals surface area contributed by atoms with Gasteiger partial charge in [0.05, 0.1) is 5.69 Å². The fourth-order valence-electron chi connectivity index (χ4n) is 3.89. The minimum absolute atomic E-state index is 0.0584. The summed E-state index contributed by atoms with van der Waals surface area (Å²) < 4.78 is 6.57. The first-order chi connectivity index (χ1) is 17.0. The van der Waals surface area contributed by atoms with Crippen LogP contribution >= 0.6 is 0 Å². The van der Waals surface area contributed by atoms with Gasteiger partial charge in [-0.1, -0.05) is 0 Å². The first kappa shape index (κ1) is 23.4. The summed E-state index contributed by atoms with van der Waals surface area (Å²) in [7, 11) is 0. The molecule has 1 saturated carbocycles. The van der Waals surface area contributed by atoms with E-state index in [1.807, 2.05) is 41.3 Å². The van der Waals surface area contributed by atoms with E-state index in [1.54, 1.807) is 30.3 Å². The molecule has 2 N–H and O–H groups in total. The number of nitrogens with zero attached hydrogens (tertiary/aromatic N) is 1. The van der Waals surface area contributed by atoms with E-state index in [0.29, 0.717) is 29.1 Å². The number of rotatable bonds is 7. The number of carbonyl (C=O) groups is 3. The van der Waals surface area contributed by atoms with Crippen LogP contribution in [0.3, 0.4) is 0 Å². The number of halogens is 1. The van der Waals surface area contributed by atoms with Crippen LogP contribution < -0.4 is 36.4 Å². The summed E-state index contributed by atoms with van der Waals surface area (Å²) in [5, 5.41) is 5.63. The number of nitrogens with one attached hydrogen (secondary N) is 2. The van der Waals surface area contributed by atoms with Crippen LogP contribution in [0.1, 0.15) is 39.1 Å². The average molecular weight is 578 g/mol. The van der Waals surface area contributed by atoms with Gasteiger partial charge in [0.2, 0.25) is 0 Å². The summed E-state index contributed by atoms with van der Waals surface area (Å²) in [5.41, 5.74) is 9.02. The molecular formula is C26H22BIN3O4-. The first-order valence-corrected chi connectivity index (χ1v) is 13.5. The van der Waals surface area contributed by atoms with Gasteiger partial charge in [-0.15, -0.1) is 0 Å². The van der Waals surface area contributed by atoms with Gasteiger partial charge in [-0.2, -0.15) is 0 Å². The van der Waals surface area contributed by atoms with Crippen molar-refractivity contribution < 1.29 is 40.1 Å². The molecule has 35 heavy (non-hydrogen) atoms. The standard InChI is InChI=1S/C26H22BIN3O4/c27-28-19-6-8-20(9-7-19)29-25(33)17-3-1-16(2-4-17)14-31(21-10-11-21)26(34)18-5-12-22-23(13-18)35-15-24(32)30-22/h1-9,12-13,21H,10-11,14-15H2,(H,29,33)(H,30,32)/q-1. The van der Waals surface area contributed by atoms with Crippen LogP contribution in [-0.2, 0) is 11.3 Å².